The number of hydrazone groups is 1. The van der Waals surface area contributed by atoms with Gasteiger partial charge in [0.2, 0.25) is 0 Å². The summed E-state index contributed by atoms with van der Waals surface area (Å²) in [7, 11) is 1.53. The molecule has 26 heavy (non-hydrogen) atoms. The van der Waals surface area contributed by atoms with E-state index in [9.17, 15) is 4.79 Å². The van der Waals surface area contributed by atoms with Crippen molar-refractivity contribution in [3.8, 4) is 5.75 Å². The molecular formula is C17H10Br2ClIN2O3. The van der Waals surface area contributed by atoms with Crippen LogP contribution in [0.3, 0.4) is 0 Å². The number of hydrogen-bond donors (Lipinski definition) is 1. The molecule has 0 radical (unpaired) electrons. The molecule has 2 aromatic carbocycles. The van der Waals surface area contributed by atoms with E-state index in [1.54, 1.807) is 18.2 Å². The number of hydrogen-bond acceptors (Lipinski definition) is 4. The van der Waals surface area contributed by atoms with Crippen molar-refractivity contribution in [2.24, 2.45) is 5.10 Å². The molecule has 3 rings (SSSR count). The maximum Gasteiger partial charge on any atom is 0.307 e. The Labute approximate surface area is 184 Å². The van der Waals surface area contributed by atoms with Crippen molar-refractivity contribution in [3.05, 3.63) is 59.2 Å². The number of nitrogens with zero attached hydrogens (tertiary/aromatic N) is 1. The lowest BCUT2D eigenvalue weighted by molar-refractivity contribution is 0.0929. The van der Waals surface area contributed by atoms with Crippen molar-refractivity contribution in [1.29, 1.82) is 0 Å². The topological polar surface area (TPSA) is 63.8 Å². The lowest BCUT2D eigenvalue weighted by Gasteiger charge is -2.06. The van der Waals surface area contributed by atoms with E-state index in [1.807, 2.05) is 12.1 Å². The fourth-order valence-electron chi connectivity index (χ4n) is 2.26. The van der Waals surface area contributed by atoms with Crippen LogP contribution < -0.4 is 10.2 Å². The van der Waals surface area contributed by atoms with E-state index in [0.717, 1.165) is 13.4 Å². The molecule has 0 aliphatic carbocycles. The summed E-state index contributed by atoms with van der Waals surface area (Å²) in [6, 6.07) is 8.94. The second kappa shape index (κ2) is 8.28. The summed E-state index contributed by atoms with van der Waals surface area (Å²) in [6.45, 7) is 0. The minimum absolute atomic E-state index is 0.183. The van der Waals surface area contributed by atoms with E-state index >= 15 is 0 Å². The Balaban J connectivity index is 1.77. The number of benzene rings is 2. The summed E-state index contributed by atoms with van der Waals surface area (Å²) in [5.41, 5.74) is 3.80. The molecule has 0 aliphatic heterocycles. The Morgan fingerprint density at radius 2 is 2.08 bits per heavy atom. The number of rotatable bonds is 4. The van der Waals surface area contributed by atoms with E-state index in [1.165, 1.54) is 13.3 Å². The van der Waals surface area contributed by atoms with Crippen molar-refractivity contribution < 1.29 is 13.9 Å². The maximum absolute atomic E-state index is 12.2. The number of fused-ring (bicyclic) bond motifs is 1. The fraction of sp³-hybridized carbons (Fsp3) is 0.0588. The van der Waals surface area contributed by atoms with Gasteiger partial charge >= 0.3 is 5.91 Å². The fourth-order valence-corrected chi connectivity index (χ4v) is 4.98. The Kier molecular flexibility index (Phi) is 6.26. The van der Waals surface area contributed by atoms with Gasteiger partial charge in [0.25, 0.3) is 0 Å². The van der Waals surface area contributed by atoms with Gasteiger partial charge in [0.15, 0.2) is 11.5 Å². The Bertz CT molecular complexity index is 1010. The lowest BCUT2D eigenvalue weighted by Crippen LogP contribution is -2.16. The molecule has 1 N–H and O–H groups in total. The summed E-state index contributed by atoms with van der Waals surface area (Å²) >= 11 is 15.1. The first kappa shape index (κ1) is 19.7. The standard InChI is InChI=1S/C17H10Br2ClIN2O3/c1-25-16-11(19)2-8(3-12(16)20)7-22-23-17(24)14-5-9-4-10(18)6-13(21)15(9)26-14/h2-7H,1H3,(H,23,24)/b22-7-. The van der Waals surface area contributed by atoms with Gasteiger partial charge in [0.05, 0.1) is 26.4 Å². The van der Waals surface area contributed by atoms with Crippen LogP contribution in [0.5, 0.6) is 5.75 Å². The number of carbonyl (C=O) groups excluding carboxylic acids is 1. The zero-order chi connectivity index (χ0) is 18.8. The van der Waals surface area contributed by atoms with E-state index in [2.05, 4.69) is 65.0 Å². The first-order chi connectivity index (χ1) is 12.4. The van der Waals surface area contributed by atoms with Gasteiger partial charge in [-0.1, -0.05) is 27.5 Å². The van der Waals surface area contributed by atoms with Gasteiger partial charge in [0.1, 0.15) is 5.58 Å². The van der Waals surface area contributed by atoms with E-state index < -0.39 is 5.91 Å². The van der Waals surface area contributed by atoms with Gasteiger partial charge in [0, 0.05) is 9.86 Å². The third-order valence-electron chi connectivity index (χ3n) is 3.36. The zero-order valence-corrected chi connectivity index (χ0v) is 19.2. The molecule has 0 saturated heterocycles. The van der Waals surface area contributed by atoms with Gasteiger partial charge < -0.3 is 9.15 Å². The molecule has 5 nitrogen and oxygen atoms in total. The highest BCUT2D eigenvalue weighted by molar-refractivity contribution is 14.1. The predicted octanol–water partition coefficient (Wildman–Crippen LogP) is 5.99. The lowest BCUT2D eigenvalue weighted by atomic mass is 10.2. The molecule has 0 saturated carbocycles. The van der Waals surface area contributed by atoms with Crippen LogP contribution in [-0.4, -0.2) is 19.2 Å². The van der Waals surface area contributed by atoms with Crippen LogP contribution in [-0.2, 0) is 0 Å². The average Bonchev–Trinajstić information content (AvgIpc) is 2.99. The largest absolute Gasteiger partial charge is 0.494 e. The Hall–Kier alpha value is -1.10. The second-order valence-corrected chi connectivity index (χ2v) is 8.47. The SMILES string of the molecule is COc1c(Cl)cc(/C=N\NC(=O)c2cc3cc(Br)cc(I)c3o2)cc1Br. The molecule has 0 atom stereocenters. The molecule has 3 aromatic rings. The molecule has 134 valence electrons. The van der Waals surface area contributed by atoms with Crippen LogP contribution in [0, 0.1) is 3.57 Å². The van der Waals surface area contributed by atoms with Gasteiger partial charge in [-0.15, -0.1) is 0 Å². The number of methoxy groups -OCH3 is 1. The van der Waals surface area contributed by atoms with Crippen molar-refractivity contribution in [2.75, 3.05) is 7.11 Å². The first-order valence-electron chi connectivity index (χ1n) is 7.14. The summed E-state index contributed by atoms with van der Waals surface area (Å²) in [6.07, 6.45) is 1.48. The maximum atomic E-state index is 12.2. The van der Waals surface area contributed by atoms with Crippen LogP contribution in [0.4, 0.5) is 0 Å². The van der Waals surface area contributed by atoms with Gasteiger partial charge in [-0.05, 0) is 74.4 Å². The summed E-state index contributed by atoms with van der Waals surface area (Å²) in [4.78, 5) is 12.2. The van der Waals surface area contributed by atoms with Crippen LogP contribution in [0.15, 0.2) is 48.8 Å². The minimum atomic E-state index is -0.442. The predicted molar refractivity (Wildman–Crippen MR) is 117 cm³/mol. The van der Waals surface area contributed by atoms with Crippen LogP contribution in [0.25, 0.3) is 11.0 Å². The molecule has 0 unspecified atom stereocenters. The molecule has 1 heterocycles. The van der Waals surface area contributed by atoms with E-state index in [0.29, 0.717) is 26.4 Å². The third-order valence-corrected chi connectivity index (χ3v) is 5.49. The monoisotopic (exact) mass is 610 g/mol. The van der Waals surface area contributed by atoms with Crippen molar-refractivity contribution in [1.82, 2.24) is 5.43 Å². The molecule has 0 bridgehead atoms. The first-order valence-corrected chi connectivity index (χ1v) is 10.2. The normalized spacial score (nSPS) is 11.3. The summed E-state index contributed by atoms with van der Waals surface area (Å²) < 4.78 is 13.3. The van der Waals surface area contributed by atoms with Gasteiger partial charge in [-0.2, -0.15) is 5.10 Å². The molecule has 1 aromatic heterocycles. The van der Waals surface area contributed by atoms with Crippen LogP contribution in [0.1, 0.15) is 16.1 Å². The second-order valence-electron chi connectivity index (χ2n) is 5.13. The molecular weight excluding hydrogens is 602 g/mol. The van der Waals surface area contributed by atoms with Crippen molar-refractivity contribution >= 4 is 89.1 Å². The number of halogens is 4. The van der Waals surface area contributed by atoms with Crippen LogP contribution >= 0.6 is 66.1 Å². The molecule has 1 amide bonds. The molecule has 0 spiro atoms. The third kappa shape index (κ3) is 4.24. The number of nitrogens with one attached hydrogen (secondary N) is 1. The van der Waals surface area contributed by atoms with Crippen LogP contribution in [0.2, 0.25) is 5.02 Å². The average molecular weight is 612 g/mol. The van der Waals surface area contributed by atoms with Crippen molar-refractivity contribution in [3.63, 3.8) is 0 Å². The highest BCUT2D eigenvalue weighted by Crippen LogP contribution is 2.33. The van der Waals surface area contributed by atoms with E-state index in [-0.39, 0.29) is 5.76 Å². The minimum Gasteiger partial charge on any atom is -0.494 e. The highest BCUT2D eigenvalue weighted by atomic mass is 127. The number of furan rings is 1. The number of amides is 1. The smallest absolute Gasteiger partial charge is 0.307 e. The number of carbonyl (C=O) groups is 1. The van der Waals surface area contributed by atoms with Crippen molar-refractivity contribution in [2.45, 2.75) is 0 Å². The summed E-state index contributed by atoms with van der Waals surface area (Å²) in [5, 5.41) is 5.22. The van der Waals surface area contributed by atoms with Gasteiger partial charge in [-0.25, -0.2) is 5.43 Å². The Morgan fingerprint density at radius 3 is 2.77 bits per heavy atom. The van der Waals surface area contributed by atoms with E-state index in [4.69, 9.17) is 20.8 Å². The molecule has 0 fully saturated rings. The Morgan fingerprint density at radius 1 is 1.31 bits per heavy atom. The van der Waals surface area contributed by atoms with Gasteiger partial charge in [-0.3, -0.25) is 4.79 Å². The summed E-state index contributed by atoms with van der Waals surface area (Å²) in [5.74, 6) is 0.279. The quantitative estimate of drug-likeness (QED) is 0.224. The highest BCUT2D eigenvalue weighted by Gasteiger charge is 2.14. The zero-order valence-electron chi connectivity index (χ0n) is 13.1. The molecule has 0 aliphatic rings. The molecule has 9 heteroatoms. The number of ether oxygens (including phenoxy) is 1.